The largest absolute Gasteiger partial charge is 0.366 e. The van der Waals surface area contributed by atoms with Crippen LogP contribution in [0.1, 0.15) is 27.1 Å². The predicted octanol–water partition coefficient (Wildman–Crippen LogP) is 0.857. The molecule has 0 saturated carbocycles. The Morgan fingerprint density at radius 3 is 2.70 bits per heavy atom. The highest BCUT2D eigenvalue weighted by molar-refractivity contribution is 5.99. The van der Waals surface area contributed by atoms with E-state index in [0.717, 1.165) is 19.5 Å². The van der Waals surface area contributed by atoms with Crippen molar-refractivity contribution in [3.8, 4) is 0 Å². The number of carbonyl (C=O) groups is 2. The summed E-state index contributed by atoms with van der Waals surface area (Å²) in [5.41, 5.74) is 7.20. The van der Waals surface area contributed by atoms with Gasteiger partial charge in [-0.3, -0.25) is 9.59 Å². The Morgan fingerprint density at radius 2 is 2.05 bits per heavy atom. The first-order chi connectivity index (χ1) is 9.16. The number of benzene rings is 1. The van der Waals surface area contributed by atoms with Crippen molar-refractivity contribution in [2.75, 3.05) is 19.6 Å². The topological polar surface area (TPSA) is 84.2 Å². The molecule has 4 N–H and O–H groups in total. The van der Waals surface area contributed by atoms with Crippen LogP contribution < -0.4 is 16.4 Å². The number of hydrogen-bond acceptors (Lipinski definition) is 3. The average Bonchev–Trinajstić information content (AvgIpc) is 2.46. The lowest BCUT2D eigenvalue weighted by molar-refractivity contribution is 0.0956. The number of rotatable bonds is 4. The molecule has 1 aliphatic heterocycles. The predicted molar refractivity (Wildman–Crippen MR) is 80.1 cm³/mol. The first-order valence-electron chi connectivity index (χ1n) is 6.23. The van der Waals surface area contributed by atoms with E-state index in [0.29, 0.717) is 17.7 Å². The molecule has 0 unspecified atom stereocenters. The Hall–Kier alpha value is -1.85. The molecule has 1 heterocycles. The normalized spacial score (nSPS) is 13.9. The van der Waals surface area contributed by atoms with E-state index < -0.39 is 5.91 Å². The first kappa shape index (κ1) is 16.2. The van der Waals surface area contributed by atoms with Crippen LogP contribution in [0.15, 0.2) is 35.9 Å². The van der Waals surface area contributed by atoms with Crippen molar-refractivity contribution in [3.05, 3.63) is 47.0 Å². The Kier molecular flexibility index (Phi) is 6.21. The van der Waals surface area contributed by atoms with Crippen molar-refractivity contribution >= 4 is 24.2 Å². The van der Waals surface area contributed by atoms with Crippen molar-refractivity contribution in [1.82, 2.24) is 10.6 Å². The van der Waals surface area contributed by atoms with E-state index in [1.54, 1.807) is 18.2 Å². The molecular weight excluding hydrogens is 278 g/mol. The third kappa shape index (κ3) is 4.36. The van der Waals surface area contributed by atoms with Crippen LogP contribution in [-0.4, -0.2) is 31.4 Å². The molecule has 2 amide bonds. The zero-order valence-corrected chi connectivity index (χ0v) is 11.8. The first-order valence-corrected chi connectivity index (χ1v) is 6.23. The highest BCUT2D eigenvalue weighted by atomic mass is 35.5. The van der Waals surface area contributed by atoms with E-state index in [2.05, 4.69) is 16.7 Å². The van der Waals surface area contributed by atoms with Crippen LogP contribution >= 0.6 is 12.4 Å². The Bertz CT molecular complexity index is 529. The summed E-state index contributed by atoms with van der Waals surface area (Å²) in [5.74, 6) is -0.724. The zero-order valence-electron chi connectivity index (χ0n) is 11.0. The van der Waals surface area contributed by atoms with E-state index in [1.165, 1.54) is 11.6 Å². The highest BCUT2D eigenvalue weighted by Gasteiger charge is 2.09. The molecule has 0 bridgehead atoms. The van der Waals surface area contributed by atoms with Gasteiger partial charge in [-0.2, -0.15) is 0 Å². The molecule has 1 aromatic rings. The number of primary amides is 1. The fourth-order valence-corrected chi connectivity index (χ4v) is 1.94. The average molecular weight is 296 g/mol. The third-order valence-electron chi connectivity index (χ3n) is 3.04. The summed E-state index contributed by atoms with van der Waals surface area (Å²) in [6.07, 6.45) is 3.03. The zero-order chi connectivity index (χ0) is 13.7. The summed E-state index contributed by atoms with van der Waals surface area (Å²) in [5, 5.41) is 6.06. The van der Waals surface area contributed by atoms with E-state index in [-0.39, 0.29) is 18.3 Å². The minimum atomic E-state index is -0.532. The fourth-order valence-electron chi connectivity index (χ4n) is 1.94. The molecule has 5 nitrogen and oxygen atoms in total. The number of halogens is 1. The summed E-state index contributed by atoms with van der Waals surface area (Å²) in [6, 6.07) is 6.42. The Labute approximate surface area is 124 Å². The molecular formula is C14H18ClN3O2. The van der Waals surface area contributed by atoms with Crippen LogP contribution in [0.25, 0.3) is 0 Å². The summed E-state index contributed by atoms with van der Waals surface area (Å²) in [4.78, 5) is 23.0. The second-order valence-corrected chi connectivity index (χ2v) is 4.44. The molecule has 1 aliphatic rings. The van der Waals surface area contributed by atoms with Gasteiger partial charge in [-0.15, -0.1) is 12.4 Å². The molecule has 6 heteroatoms. The minimum absolute atomic E-state index is 0. The van der Waals surface area contributed by atoms with Crippen LogP contribution in [0.2, 0.25) is 0 Å². The fraction of sp³-hybridized carbons (Fsp3) is 0.286. The summed E-state index contributed by atoms with van der Waals surface area (Å²) >= 11 is 0. The van der Waals surface area contributed by atoms with Gasteiger partial charge < -0.3 is 16.4 Å². The van der Waals surface area contributed by atoms with Crippen LogP contribution in [0.3, 0.4) is 0 Å². The molecule has 20 heavy (non-hydrogen) atoms. The van der Waals surface area contributed by atoms with Gasteiger partial charge in [0.1, 0.15) is 0 Å². The van der Waals surface area contributed by atoms with Crippen LogP contribution in [0.4, 0.5) is 0 Å². The van der Waals surface area contributed by atoms with Crippen molar-refractivity contribution in [1.29, 1.82) is 0 Å². The van der Waals surface area contributed by atoms with Gasteiger partial charge in [0.25, 0.3) is 5.91 Å². The third-order valence-corrected chi connectivity index (χ3v) is 3.04. The molecule has 0 saturated heterocycles. The summed E-state index contributed by atoms with van der Waals surface area (Å²) < 4.78 is 0. The lowest BCUT2D eigenvalue weighted by atomic mass is 10.1. The van der Waals surface area contributed by atoms with Crippen molar-refractivity contribution in [3.63, 3.8) is 0 Å². The second-order valence-electron chi connectivity index (χ2n) is 4.44. The molecule has 0 radical (unpaired) electrons. The van der Waals surface area contributed by atoms with Crippen LogP contribution in [-0.2, 0) is 0 Å². The van der Waals surface area contributed by atoms with Gasteiger partial charge >= 0.3 is 0 Å². The van der Waals surface area contributed by atoms with Crippen LogP contribution in [0.5, 0.6) is 0 Å². The Morgan fingerprint density at radius 1 is 1.30 bits per heavy atom. The van der Waals surface area contributed by atoms with Crippen molar-refractivity contribution in [2.45, 2.75) is 6.42 Å². The summed E-state index contributed by atoms with van der Waals surface area (Å²) in [6.45, 7) is 2.34. The van der Waals surface area contributed by atoms with Gasteiger partial charge in [0.05, 0.1) is 0 Å². The van der Waals surface area contributed by atoms with Crippen molar-refractivity contribution < 1.29 is 9.59 Å². The monoisotopic (exact) mass is 295 g/mol. The van der Waals surface area contributed by atoms with Gasteiger partial charge in [-0.25, -0.2) is 0 Å². The lowest BCUT2D eigenvalue weighted by Crippen LogP contribution is -2.29. The molecule has 2 rings (SSSR count). The van der Waals surface area contributed by atoms with Gasteiger partial charge in [0, 0.05) is 24.2 Å². The molecule has 108 valence electrons. The SMILES string of the molecule is Cl.NC(=O)c1cccc(C(=O)NCC2=CCNCC2)c1. The maximum absolute atomic E-state index is 12.0. The summed E-state index contributed by atoms with van der Waals surface area (Å²) in [7, 11) is 0. The lowest BCUT2D eigenvalue weighted by Gasteiger charge is -2.14. The quantitative estimate of drug-likeness (QED) is 0.720. The van der Waals surface area contributed by atoms with E-state index in [1.807, 2.05) is 0 Å². The molecule has 0 atom stereocenters. The van der Waals surface area contributed by atoms with E-state index in [9.17, 15) is 9.59 Å². The number of carbonyl (C=O) groups excluding carboxylic acids is 2. The smallest absolute Gasteiger partial charge is 0.251 e. The maximum atomic E-state index is 12.0. The van der Waals surface area contributed by atoms with E-state index in [4.69, 9.17) is 5.73 Å². The number of nitrogens with two attached hydrogens (primary N) is 1. The van der Waals surface area contributed by atoms with Gasteiger partial charge in [-0.05, 0) is 31.2 Å². The number of nitrogens with one attached hydrogen (secondary N) is 2. The molecule has 0 spiro atoms. The molecule has 0 aliphatic carbocycles. The molecule has 0 fully saturated rings. The molecule has 0 aromatic heterocycles. The maximum Gasteiger partial charge on any atom is 0.251 e. The van der Waals surface area contributed by atoms with Crippen molar-refractivity contribution in [2.24, 2.45) is 5.73 Å². The van der Waals surface area contributed by atoms with Crippen LogP contribution in [0, 0.1) is 0 Å². The number of hydrogen-bond donors (Lipinski definition) is 3. The molecule has 1 aromatic carbocycles. The second kappa shape index (κ2) is 7.67. The van der Waals surface area contributed by atoms with Gasteiger partial charge in [0.2, 0.25) is 5.91 Å². The van der Waals surface area contributed by atoms with E-state index >= 15 is 0 Å². The highest BCUT2D eigenvalue weighted by Crippen LogP contribution is 2.06. The van der Waals surface area contributed by atoms with Gasteiger partial charge in [-0.1, -0.05) is 17.7 Å². The number of amides is 2. The standard InChI is InChI=1S/C14H17N3O2.ClH/c15-13(18)11-2-1-3-12(8-11)14(19)17-9-10-4-6-16-7-5-10;/h1-4,8,16H,5-7,9H2,(H2,15,18)(H,17,19);1H. The van der Waals surface area contributed by atoms with Gasteiger partial charge in [0.15, 0.2) is 0 Å². The Balaban J connectivity index is 0.00000200. The minimum Gasteiger partial charge on any atom is -0.366 e.